The van der Waals surface area contributed by atoms with E-state index in [1.54, 1.807) is 4.88 Å². The Morgan fingerprint density at radius 3 is 2.55 bits per heavy atom. The number of aryl methyl sites for hydroxylation is 1. The second-order valence-corrected chi connectivity index (χ2v) is 9.03. The largest absolute Gasteiger partial charge is 0.306 e. The van der Waals surface area contributed by atoms with Crippen LogP contribution in [0.4, 0.5) is 0 Å². The van der Waals surface area contributed by atoms with Gasteiger partial charge in [0.1, 0.15) is 5.01 Å². The quantitative estimate of drug-likeness (QED) is 0.879. The van der Waals surface area contributed by atoms with Gasteiger partial charge in [0.25, 0.3) is 0 Å². The molecule has 0 spiro atoms. The van der Waals surface area contributed by atoms with E-state index in [0.29, 0.717) is 5.41 Å². The van der Waals surface area contributed by atoms with E-state index in [0.717, 1.165) is 12.5 Å². The molecule has 1 aliphatic rings. The average Bonchev–Trinajstić information content (AvgIpc) is 2.77. The summed E-state index contributed by atoms with van der Waals surface area (Å²) in [5.41, 5.74) is 2.01. The van der Waals surface area contributed by atoms with Gasteiger partial charge in [0.05, 0.1) is 5.69 Å². The highest BCUT2D eigenvalue weighted by Gasteiger charge is 2.32. The zero-order valence-electron chi connectivity index (χ0n) is 14.0. The summed E-state index contributed by atoms with van der Waals surface area (Å²) in [5.74, 6) is 0.823. The fourth-order valence-electron chi connectivity index (χ4n) is 2.80. The molecule has 0 radical (unpaired) electrons. The fraction of sp³-hybridized carbons (Fsp3) is 0.824. The third kappa shape index (κ3) is 3.82. The first-order chi connectivity index (χ1) is 9.21. The lowest BCUT2D eigenvalue weighted by Gasteiger charge is -2.35. The van der Waals surface area contributed by atoms with E-state index < -0.39 is 0 Å². The predicted molar refractivity (Wildman–Crippen MR) is 88.3 cm³/mol. The number of thiazole rings is 1. The van der Waals surface area contributed by atoms with Crippen molar-refractivity contribution >= 4 is 11.3 Å². The van der Waals surface area contributed by atoms with Gasteiger partial charge in [0, 0.05) is 17.0 Å². The molecule has 1 aromatic heterocycles. The van der Waals surface area contributed by atoms with Crippen molar-refractivity contribution in [2.75, 3.05) is 0 Å². The Morgan fingerprint density at radius 1 is 1.25 bits per heavy atom. The van der Waals surface area contributed by atoms with Gasteiger partial charge < -0.3 is 5.32 Å². The molecule has 2 rings (SSSR count). The van der Waals surface area contributed by atoms with Gasteiger partial charge in [-0.1, -0.05) is 27.2 Å². The van der Waals surface area contributed by atoms with Crippen molar-refractivity contribution in [1.29, 1.82) is 0 Å². The van der Waals surface area contributed by atoms with Crippen LogP contribution in [0.2, 0.25) is 0 Å². The number of hydrogen-bond acceptors (Lipinski definition) is 3. The van der Waals surface area contributed by atoms with E-state index in [4.69, 9.17) is 4.98 Å². The molecule has 0 aliphatic heterocycles. The van der Waals surface area contributed by atoms with Gasteiger partial charge in [0.2, 0.25) is 0 Å². The van der Waals surface area contributed by atoms with E-state index in [1.807, 2.05) is 11.3 Å². The van der Waals surface area contributed by atoms with Gasteiger partial charge in [0.15, 0.2) is 0 Å². The summed E-state index contributed by atoms with van der Waals surface area (Å²) in [6.45, 7) is 14.7. The van der Waals surface area contributed by atoms with Gasteiger partial charge in [-0.3, -0.25) is 0 Å². The summed E-state index contributed by atoms with van der Waals surface area (Å²) < 4.78 is 0. The molecule has 1 heterocycles. The summed E-state index contributed by atoms with van der Waals surface area (Å²) in [6, 6.07) is 0. The topological polar surface area (TPSA) is 24.9 Å². The highest BCUT2D eigenvalue weighted by Crippen LogP contribution is 2.41. The van der Waals surface area contributed by atoms with Crippen LogP contribution in [-0.2, 0) is 19.4 Å². The number of fused-ring (bicyclic) bond motifs is 1. The molecule has 0 fully saturated rings. The van der Waals surface area contributed by atoms with Gasteiger partial charge >= 0.3 is 0 Å². The number of nitrogens with one attached hydrogen (secondary N) is 1. The van der Waals surface area contributed by atoms with Crippen LogP contribution in [0.5, 0.6) is 0 Å². The molecule has 0 bridgehead atoms. The van der Waals surface area contributed by atoms with Crippen LogP contribution in [0.1, 0.15) is 70.0 Å². The maximum absolute atomic E-state index is 4.85. The molecule has 1 N–H and O–H groups in total. The molecule has 1 aliphatic carbocycles. The number of nitrogens with zero attached hydrogens (tertiary/aromatic N) is 1. The highest BCUT2D eigenvalue weighted by atomic mass is 32.1. The van der Waals surface area contributed by atoms with Gasteiger partial charge in [-0.15, -0.1) is 11.3 Å². The first-order valence-electron chi connectivity index (χ1n) is 7.94. The minimum atomic E-state index is 0.166. The third-order valence-corrected chi connectivity index (χ3v) is 5.89. The van der Waals surface area contributed by atoms with Crippen molar-refractivity contribution in [2.24, 2.45) is 11.3 Å². The lowest BCUT2D eigenvalue weighted by Crippen LogP contribution is -2.35. The number of rotatable bonds is 4. The van der Waals surface area contributed by atoms with Gasteiger partial charge in [-0.05, 0) is 51.4 Å². The Bertz CT molecular complexity index is 454. The molecule has 1 atom stereocenters. The monoisotopic (exact) mass is 294 g/mol. The normalized spacial score (nSPS) is 20.0. The lowest BCUT2D eigenvalue weighted by atomic mass is 9.70. The fourth-order valence-corrected chi connectivity index (χ4v) is 3.94. The number of hydrogen-bond donors (Lipinski definition) is 1. The summed E-state index contributed by atoms with van der Waals surface area (Å²) >= 11 is 1.93. The number of aromatic nitrogens is 1. The SMILES string of the molecule is CCC(C)(C)C1CCc2nc(CNC(C)(C)C)sc2C1. The highest BCUT2D eigenvalue weighted by molar-refractivity contribution is 7.11. The van der Waals surface area contributed by atoms with E-state index in [1.165, 1.54) is 36.4 Å². The summed E-state index contributed by atoms with van der Waals surface area (Å²) in [5, 5.41) is 4.81. The Morgan fingerprint density at radius 2 is 1.95 bits per heavy atom. The van der Waals surface area contributed by atoms with E-state index in [9.17, 15) is 0 Å². The second-order valence-electron chi connectivity index (χ2n) is 7.86. The maximum Gasteiger partial charge on any atom is 0.107 e. The van der Waals surface area contributed by atoms with Gasteiger partial charge in [-0.2, -0.15) is 0 Å². The van der Waals surface area contributed by atoms with E-state index in [2.05, 4.69) is 46.9 Å². The molecule has 20 heavy (non-hydrogen) atoms. The maximum atomic E-state index is 4.85. The van der Waals surface area contributed by atoms with Crippen LogP contribution in [-0.4, -0.2) is 10.5 Å². The van der Waals surface area contributed by atoms with Gasteiger partial charge in [-0.25, -0.2) is 4.98 Å². The zero-order valence-corrected chi connectivity index (χ0v) is 14.8. The Hall–Kier alpha value is -0.410. The molecular weight excluding hydrogens is 264 g/mol. The molecule has 1 unspecified atom stereocenters. The average molecular weight is 295 g/mol. The van der Waals surface area contributed by atoms with E-state index >= 15 is 0 Å². The van der Waals surface area contributed by atoms with Crippen LogP contribution in [0.15, 0.2) is 0 Å². The van der Waals surface area contributed by atoms with Crippen LogP contribution < -0.4 is 5.32 Å². The molecule has 0 saturated heterocycles. The molecule has 2 nitrogen and oxygen atoms in total. The van der Waals surface area contributed by atoms with Crippen LogP contribution in [0.25, 0.3) is 0 Å². The van der Waals surface area contributed by atoms with Crippen molar-refractivity contribution < 1.29 is 0 Å². The molecule has 0 aromatic carbocycles. The molecular formula is C17H30N2S. The van der Waals surface area contributed by atoms with Crippen LogP contribution in [0, 0.1) is 11.3 Å². The van der Waals surface area contributed by atoms with Crippen LogP contribution >= 0.6 is 11.3 Å². The molecule has 3 heteroatoms. The molecule has 0 saturated carbocycles. The first-order valence-corrected chi connectivity index (χ1v) is 8.75. The second kappa shape index (κ2) is 5.76. The molecule has 1 aromatic rings. The van der Waals surface area contributed by atoms with Crippen molar-refractivity contribution in [2.45, 2.75) is 79.3 Å². The lowest BCUT2D eigenvalue weighted by molar-refractivity contribution is 0.183. The molecule has 114 valence electrons. The first kappa shape index (κ1) is 16.0. The Kier molecular flexibility index (Phi) is 4.60. The third-order valence-electron chi connectivity index (χ3n) is 4.77. The van der Waals surface area contributed by atoms with Crippen molar-refractivity contribution in [3.05, 3.63) is 15.6 Å². The van der Waals surface area contributed by atoms with E-state index in [-0.39, 0.29) is 5.54 Å². The summed E-state index contributed by atoms with van der Waals surface area (Å²) in [4.78, 5) is 6.40. The minimum Gasteiger partial charge on any atom is -0.306 e. The minimum absolute atomic E-state index is 0.166. The Labute approximate surface area is 128 Å². The zero-order chi connectivity index (χ0) is 15.0. The van der Waals surface area contributed by atoms with Crippen LogP contribution in [0.3, 0.4) is 0 Å². The van der Waals surface area contributed by atoms with Crippen molar-refractivity contribution in [1.82, 2.24) is 10.3 Å². The smallest absolute Gasteiger partial charge is 0.107 e. The molecule has 0 amide bonds. The standard InChI is InChI=1S/C17H30N2S/c1-7-17(5,6)12-8-9-13-14(10-12)20-15(19-13)11-18-16(2,3)4/h12,18H,7-11H2,1-6H3. The van der Waals surface area contributed by atoms with Crippen molar-refractivity contribution in [3.63, 3.8) is 0 Å². The van der Waals surface area contributed by atoms with Crippen molar-refractivity contribution in [3.8, 4) is 0 Å². The predicted octanol–water partition coefficient (Wildman–Crippen LogP) is 4.57. The Balaban J connectivity index is 2.05. The summed E-state index contributed by atoms with van der Waals surface area (Å²) in [7, 11) is 0. The summed E-state index contributed by atoms with van der Waals surface area (Å²) in [6.07, 6.45) is 4.99.